The van der Waals surface area contributed by atoms with E-state index in [2.05, 4.69) is 0 Å². The van der Waals surface area contributed by atoms with Crippen molar-refractivity contribution in [2.24, 2.45) is 5.92 Å². The van der Waals surface area contributed by atoms with Crippen LogP contribution in [0.15, 0.2) is 60.7 Å². The molecule has 3 aromatic rings. The third-order valence-corrected chi connectivity index (χ3v) is 5.07. The third kappa shape index (κ3) is 3.31. The Hall–Kier alpha value is -3.14. The summed E-state index contributed by atoms with van der Waals surface area (Å²) in [5.74, 6) is -0.290. The van der Waals surface area contributed by atoms with Gasteiger partial charge in [-0.15, -0.1) is 0 Å². The lowest BCUT2D eigenvalue weighted by molar-refractivity contribution is -0.139. The molecule has 0 spiro atoms. The average molecular weight is 359 g/mol. The van der Waals surface area contributed by atoms with Crippen LogP contribution < -0.4 is 9.64 Å². The van der Waals surface area contributed by atoms with E-state index in [-0.39, 0.29) is 18.3 Å². The van der Waals surface area contributed by atoms with Gasteiger partial charge >= 0.3 is 5.97 Å². The number of ether oxygens (including phenoxy) is 1. The van der Waals surface area contributed by atoms with Crippen molar-refractivity contribution in [3.8, 4) is 5.75 Å². The molecule has 4 rings (SSSR count). The SMILES string of the molecule is Cc1ccc(C)c(OC(=O)[C@@H]2CC(=O)N(c3cccc4ccccc34)C2)c1. The number of carbonyl (C=O) groups is 2. The van der Waals surface area contributed by atoms with Crippen LogP contribution in [-0.2, 0) is 9.59 Å². The number of rotatable bonds is 3. The molecule has 0 radical (unpaired) electrons. The van der Waals surface area contributed by atoms with Crippen molar-refractivity contribution in [3.05, 3.63) is 71.8 Å². The fourth-order valence-electron chi connectivity index (χ4n) is 3.55. The van der Waals surface area contributed by atoms with Gasteiger partial charge in [-0.2, -0.15) is 0 Å². The molecule has 4 nitrogen and oxygen atoms in total. The Balaban J connectivity index is 1.57. The Morgan fingerprint density at radius 3 is 2.67 bits per heavy atom. The van der Waals surface area contributed by atoms with E-state index in [4.69, 9.17) is 4.74 Å². The quantitative estimate of drug-likeness (QED) is 0.514. The summed E-state index contributed by atoms with van der Waals surface area (Å²) < 4.78 is 5.61. The molecule has 4 heteroatoms. The maximum Gasteiger partial charge on any atom is 0.316 e. The lowest BCUT2D eigenvalue weighted by atomic mass is 10.1. The van der Waals surface area contributed by atoms with E-state index in [1.165, 1.54) is 0 Å². The number of esters is 1. The van der Waals surface area contributed by atoms with Crippen molar-refractivity contribution in [1.82, 2.24) is 0 Å². The molecular formula is C23H21NO3. The third-order valence-electron chi connectivity index (χ3n) is 5.07. The first-order valence-electron chi connectivity index (χ1n) is 9.10. The number of carbonyl (C=O) groups excluding carboxylic acids is 2. The minimum atomic E-state index is -0.462. The van der Waals surface area contributed by atoms with E-state index in [1.807, 2.05) is 74.5 Å². The first kappa shape index (κ1) is 17.3. The van der Waals surface area contributed by atoms with Gasteiger partial charge in [0.05, 0.1) is 11.6 Å². The Morgan fingerprint density at radius 1 is 1.04 bits per heavy atom. The summed E-state index contributed by atoms with van der Waals surface area (Å²) in [7, 11) is 0. The zero-order valence-corrected chi connectivity index (χ0v) is 15.4. The highest BCUT2D eigenvalue weighted by molar-refractivity contribution is 6.06. The molecular weight excluding hydrogens is 338 g/mol. The maximum absolute atomic E-state index is 12.7. The summed E-state index contributed by atoms with van der Waals surface area (Å²) in [6.45, 7) is 4.21. The van der Waals surface area contributed by atoms with E-state index in [1.54, 1.807) is 4.90 Å². The molecule has 27 heavy (non-hydrogen) atoms. The largest absolute Gasteiger partial charge is 0.426 e. The highest BCUT2D eigenvalue weighted by atomic mass is 16.5. The van der Waals surface area contributed by atoms with Gasteiger partial charge in [0.2, 0.25) is 5.91 Å². The summed E-state index contributed by atoms with van der Waals surface area (Å²) in [6, 6.07) is 19.6. The van der Waals surface area contributed by atoms with Crippen LogP contribution in [0, 0.1) is 19.8 Å². The summed E-state index contributed by atoms with van der Waals surface area (Å²) in [6.07, 6.45) is 0.174. The molecule has 0 bridgehead atoms. The van der Waals surface area contributed by atoms with Crippen molar-refractivity contribution < 1.29 is 14.3 Å². The number of anilines is 1. The molecule has 0 saturated carbocycles. The molecule has 1 aliphatic rings. The van der Waals surface area contributed by atoms with E-state index in [0.717, 1.165) is 27.6 Å². The number of benzene rings is 3. The Kier molecular flexibility index (Phi) is 4.40. The van der Waals surface area contributed by atoms with Crippen molar-refractivity contribution in [2.45, 2.75) is 20.3 Å². The van der Waals surface area contributed by atoms with Crippen LogP contribution in [0.3, 0.4) is 0 Å². The van der Waals surface area contributed by atoms with Crippen LogP contribution in [0.4, 0.5) is 5.69 Å². The second-order valence-corrected chi connectivity index (χ2v) is 7.09. The summed E-state index contributed by atoms with van der Waals surface area (Å²) in [5, 5.41) is 2.08. The summed E-state index contributed by atoms with van der Waals surface area (Å²) in [4.78, 5) is 27.0. The normalized spacial score (nSPS) is 16.7. The molecule has 0 unspecified atom stereocenters. The minimum absolute atomic E-state index is 0.0470. The minimum Gasteiger partial charge on any atom is -0.426 e. The fraction of sp³-hybridized carbons (Fsp3) is 0.217. The van der Waals surface area contributed by atoms with Crippen molar-refractivity contribution in [2.75, 3.05) is 11.4 Å². The van der Waals surface area contributed by atoms with Crippen molar-refractivity contribution >= 4 is 28.3 Å². The zero-order valence-electron chi connectivity index (χ0n) is 15.4. The van der Waals surface area contributed by atoms with Gasteiger partial charge in [-0.3, -0.25) is 9.59 Å². The van der Waals surface area contributed by atoms with Gasteiger partial charge in [-0.1, -0.05) is 48.5 Å². The van der Waals surface area contributed by atoms with Crippen LogP contribution in [0.25, 0.3) is 10.8 Å². The first-order chi connectivity index (χ1) is 13.0. The standard InChI is InChI=1S/C23H21NO3/c1-15-10-11-16(2)21(12-15)27-23(26)18-13-22(25)24(14-18)20-9-5-7-17-6-3-4-8-19(17)20/h3-12,18H,13-14H2,1-2H3/t18-/m1/s1. The van der Waals surface area contributed by atoms with Crippen LogP contribution in [-0.4, -0.2) is 18.4 Å². The van der Waals surface area contributed by atoms with Gasteiger partial charge < -0.3 is 9.64 Å². The molecule has 1 saturated heterocycles. The molecule has 0 aromatic heterocycles. The smallest absolute Gasteiger partial charge is 0.316 e. The second-order valence-electron chi connectivity index (χ2n) is 7.09. The molecule has 0 aliphatic carbocycles. The molecule has 1 heterocycles. The van der Waals surface area contributed by atoms with E-state index >= 15 is 0 Å². The van der Waals surface area contributed by atoms with Gasteiger partial charge in [-0.05, 0) is 42.5 Å². The van der Waals surface area contributed by atoms with Crippen LogP contribution in [0.2, 0.25) is 0 Å². The number of amides is 1. The fourth-order valence-corrected chi connectivity index (χ4v) is 3.55. The monoisotopic (exact) mass is 359 g/mol. The molecule has 1 atom stereocenters. The maximum atomic E-state index is 12.7. The number of nitrogens with zero attached hydrogens (tertiary/aromatic N) is 1. The molecule has 3 aromatic carbocycles. The van der Waals surface area contributed by atoms with E-state index in [0.29, 0.717) is 12.3 Å². The number of fused-ring (bicyclic) bond motifs is 1. The Morgan fingerprint density at radius 2 is 1.81 bits per heavy atom. The summed E-state index contributed by atoms with van der Waals surface area (Å²) in [5.41, 5.74) is 2.78. The first-order valence-corrected chi connectivity index (χ1v) is 9.10. The lowest BCUT2D eigenvalue weighted by Gasteiger charge is -2.19. The molecule has 0 N–H and O–H groups in total. The van der Waals surface area contributed by atoms with E-state index in [9.17, 15) is 9.59 Å². The zero-order chi connectivity index (χ0) is 19.0. The Labute approximate surface area is 158 Å². The lowest BCUT2D eigenvalue weighted by Crippen LogP contribution is -2.27. The van der Waals surface area contributed by atoms with Crippen LogP contribution in [0.1, 0.15) is 17.5 Å². The molecule has 1 fully saturated rings. The molecule has 1 amide bonds. The van der Waals surface area contributed by atoms with Gasteiger partial charge in [-0.25, -0.2) is 0 Å². The molecule has 1 aliphatic heterocycles. The Bertz CT molecular complexity index is 1040. The predicted octanol–water partition coefficient (Wildman–Crippen LogP) is 4.42. The number of hydrogen-bond acceptors (Lipinski definition) is 3. The predicted molar refractivity (Wildman–Crippen MR) is 106 cm³/mol. The summed E-state index contributed by atoms with van der Waals surface area (Å²) >= 11 is 0. The topological polar surface area (TPSA) is 46.6 Å². The van der Waals surface area contributed by atoms with Crippen LogP contribution >= 0.6 is 0 Å². The average Bonchev–Trinajstić information content (AvgIpc) is 3.06. The number of hydrogen-bond donors (Lipinski definition) is 0. The molecule has 136 valence electrons. The number of aryl methyl sites for hydroxylation is 2. The van der Waals surface area contributed by atoms with Gasteiger partial charge in [0.25, 0.3) is 0 Å². The second kappa shape index (κ2) is 6.88. The van der Waals surface area contributed by atoms with Gasteiger partial charge in [0.1, 0.15) is 5.75 Å². The highest BCUT2D eigenvalue weighted by Crippen LogP contribution is 2.32. The highest BCUT2D eigenvalue weighted by Gasteiger charge is 2.37. The van der Waals surface area contributed by atoms with Gasteiger partial charge in [0.15, 0.2) is 0 Å². The van der Waals surface area contributed by atoms with Crippen molar-refractivity contribution in [1.29, 1.82) is 0 Å². The van der Waals surface area contributed by atoms with E-state index < -0.39 is 5.92 Å². The van der Waals surface area contributed by atoms with Gasteiger partial charge in [0, 0.05) is 18.4 Å². The van der Waals surface area contributed by atoms with Crippen LogP contribution in [0.5, 0.6) is 5.75 Å². The van der Waals surface area contributed by atoms with Crippen molar-refractivity contribution in [3.63, 3.8) is 0 Å².